The van der Waals surface area contributed by atoms with Crippen LogP contribution in [0, 0.1) is 11.3 Å². The summed E-state index contributed by atoms with van der Waals surface area (Å²) in [5, 5.41) is 7.55. The lowest BCUT2D eigenvalue weighted by atomic mass is 10.1. The van der Waals surface area contributed by atoms with Gasteiger partial charge in [-0.3, -0.25) is 4.79 Å². The van der Waals surface area contributed by atoms with Gasteiger partial charge in [0, 0.05) is 5.56 Å². The second kappa shape index (κ2) is 4.19. The number of hydrogen-bond acceptors (Lipinski definition) is 4. The number of anilines is 1. The van der Waals surface area contributed by atoms with Crippen LogP contribution in [0.3, 0.4) is 0 Å². The largest absolute Gasteiger partial charge is 0.383 e. The maximum atomic E-state index is 12.4. The molecule has 0 aromatic carbocycles. The zero-order valence-corrected chi connectivity index (χ0v) is 7.92. The highest BCUT2D eigenvalue weighted by molar-refractivity contribution is 6.67. The van der Waals surface area contributed by atoms with Gasteiger partial charge in [0.05, 0.1) is 0 Å². The van der Waals surface area contributed by atoms with Gasteiger partial charge in [0.15, 0.2) is 0 Å². The van der Waals surface area contributed by atoms with Gasteiger partial charge in [-0.05, 0) is 17.7 Å². The summed E-state index contributed by atoms with van der Waals surface area (Å²) in [6.07, 6.45) is -2.92. The first kappa shape index (κ1) is 11.3. The van der Waals surface area contributed by atoms with Crippen molar-refractivity contribution in [1.82, 2.24) is 4.98 Å². The predicted molar refractivity (Wildman–Crippen MR) is 48.5 cm³/mol. The van der Waals surface area contributed by atoms with E-state index in [0.717, 1.165) is 6.07 Å². The van der Waals surface area contributed by atoms with Crippen LogP contribution in [0.4, 0.5) is 14.6 Å². The van der Waals surface area contributed by atoms with E-state index in [0.29, 0.717) is 0 Å². The fourth-order valence-electron chi connectivity index (χ4n) is 0.980. The Morgan fingerprint density at radius 2 is 2.27 bits per heavy atom. The van der Waals surface area contributed by atoms with E-state index in [1.165, 1.54) is 6.07 Å². The maximum absolute atomic E-state index is 12.4. The molecule has 7 heteroatoms. The predicted octanol–water partition coefficient (Wildman–Crippen LogP) is 1.85. The van der Waals surface area contributed by atoms with Crippen molar-refractivity contribution >= 4 is 22.7 Å². The number of hydrogen-bond donors (Lipinski definition) is 1. The summed E-state index contributed by atoms with van der Waals surface area (Å²) in [7, 11) is 0. The summed E-state index contributed by atoms with van der Waals surface area (Å²) >= 11 is 5.06. The van der Waals surface area contributed by atoms with Gasteiger partial charge in [-0.2, -0.15) is 5.26 Å². The molecule has 0 amide bonds. The number of nitrogens with zero attached hydrogens (tertiary/aromatic N) is 2. The molecular formula is C8H4ClF2N3O. The molecule has 1 aromatic heterocycles. The zero-order valence-electron chi connectivity index (χ0n) is 7.17. The molecule has 1 heterocycles. The van der Waals surface area contributed by atoms with Crippen LogP contribution in [-0.2, 0) is 0 Å². The van der Waals surface area contributed by atoms with E-state index < -0.39 is 34.3 Å². The van der Waals surface area contributed by atoms with E-state index in [2.05, 4.69) is 4.98 Å². The van der Waals surface area contributed by atoms with Crippen LogP contribution in [0.1, 0.15) is 28.0 Å². The molecule has 0 saturated heterocycles. The van der Waals surface area contributed by atoms with E-state index >= 15 is 0 Å². The third-order valence-electron chi connectivity index (χ3n) is 1.63. The number of carbonyl (C=O) groups excluding carboxylic acids is 1. The topological polar surface area (TPSA) is 79.8 Å². The summed E-state index contributed by atoms with van der Waals surface area (Å²) in [4.78, 5) is 14.1. The number of nitrogen functional groups attached to an aromatic ring is 1. The molecule has 0 radical (unpaired) electrons. The lowest BCUT2D eigenvalue weighted by molar-refractivity contribution is 0.107. The second-order valence-electron chi connectivity index (χ2n) is 2.54. The Labute approximate surface area is 88.3 Å². The van der Waals surface area contributed by atoms with Gasteiger partial charge < -0.3 is 5.73 Å². The molecule has 0 spiro atoms. The summed E-state index contributed by atoms with van der Waals surface area (Å²) in [6.45, 7) is 0. The van der Waals surface area contributed by atoms with Crippen LogP contribution in [0.15, 0.2) is 6.07 Å². The fraction of sp³-hybridized carbons (Fsp3) is 0.125. The van der Waals surface area contributed by atoms with Gasteiger partial charge in [0.25, 0.3) is 11.7 Å². The number of nitrogens with two attached hydrogens (primary N) is 1. The first-order valence-corrected chi connectivity index (χ1v) is 4.03. The van der Waals surface area contributed by atoms with Crippen LogP contribution >= 0.6 is 11.6 Å². The molecule has 1 aromatic rings. The molecule has 0 fully saturated rings. The van der Waals surface area contributed by atoms with Crippen molar-refractivity contribution in [3.05, 3.63) is 22.9 Å². The second-order valence-corrected chi connectivity index (χ2v) is 2.89. The number of pyridine rings is 1. The number of nitriles is 1. The molecule has 0 saturated carbocycles. The maximum Gasteiger partial charge on any atom is 0.270 e. The summed E-state index contributed by atoms with van der Waals surface area (Å²) < 4.78 is 24.9. The van der Waals surface area contributed by atoms with E-state index in [4.69, 9.17) is 22.6 Å². The van der Waals surface area contributed by atoms with Gasteiger partial charge in [0.2, 0.25) is 0 Å². The van der Waals surface area contributed by atoms with Crippen LogP contribution in [0.5, 0.6) is 0 Å². The van der Waals surface area contributed by atoms with E-state index in [1.54, 1.807) is 0 Å². The Morgan fingerprint density at radius 3 is 2.67 bits per heavy atom. The highest BCUT2D eigenvalue weighted by Gasteiger charge is 2.19. The van der Waals surface area contributed by atoms with E-state index in [1.807, 2.05) is 0 Å². The highest BCUT2D eigenvalue weighted by atomic mass is 35.5. The minimum Gasteiger partial charge on any atom is -0.383 e. The van der Waals surface area contributed by atoms with E-state index in [-0.39, 0.29) is 0 Å². The van der Waals surface area contributed by atoms with Crippen molar-refractivity contribution in [3.8, 4) is 6.07 Å². The zero-order chi connectivity index (χ0) is 11.6. The Balaban J connectivity index is 3.47. The molecule has 1 rings (SSSR count). The fourth-order valence-corrected chi connectivity index (χ4v) is 1.08. The summed E-state index contributed by atoms with van der Waals surface area (Å²) in [5.74, 6) is -0.431. The summed E-state index contributed by atoms with van der Waals surface area (Å²) in [6, 6.07) is 2.25. The molecule has 4 nitrogen and oxygen atoms in total. The van der Waals surface area contributed by atoms with E-state index in [9.17, 15) is 13.6 Å². The Kier molecular flexibility index (Phi) is 3.17. The third-order valence-corrected chi connectivity index (χ3v) is 1.82. The first-order chi connectivity index (χ1) is 6.97. The molecule has 0 unspecified atom stereocenters. The van der Waals surface area contributed by atoms with Gasteiger partial charge in [-0.15, -0.1) is 0 Å². The molecular weight excluding hydrogens is 228 g/mol. The first-order valence-electron chi connectivity index (χ1n) is 3.66. The lowest BCUT2D eigenvalue weighted by Crippen LogP contribution is -2.05. The Hall–Kier alpha value is -1.74. The molecule has 0 aliphatic rings. The van der Waals surface area contributed by atoms with Gasteiger partial charge in [0.1, 0.15) is 23.1 Å². The summed E-state index contributed by atoms with van der Waals surface area (Å²) in [5.41, 5.74) is 3.75. The molecule has 0 aliphatic heterocycles. The van der Waals surface area contributed by atoms with Crippen molar-refractivity contribution in [2.75, 3.05) is 5.73 Å². The Bertz CT molecular complexity index is 456. The standard InChI is InChI=1S/C8H4ClF2N3O/c9-6(15)5-1-3(7(10)11)4(2-12)8(13)14-5/h1,7H,(H2,13,14). The van der Waals surface area contributed by atoms with Crippen molar-refractivity contribution in [2.24, 2.45) is 0 Å². The number of carbonyl (C=O) groups is 1. The minimum absolute atomic E-state index is 0.400. The van der Waals surface area contributed by atoms with Crippen LogP contribution in [-0.4, -0.2) is 10.2 Å². The number of alkyl halides is 2. The molecule has 2 N–H and O–H groups in total. The monoisotopic (exact) mass is 231 g/mol. The molecule has 0 bridgehead atoms. The van der Waals surface area contributed by atoms with Gasteiger partial charge in [-0.25, -0.2) is 13.8 Å². The quantitative estimate of drug-likeness (QED) is 0.788. The number of halogens is 3. The van der Waals surface area contributed by atoms with Crippen molar-refractivity contribution in [1.29, 1.82) is 5.26 Å². The lowest BCUT2D eigenvalue weighted by Gasteiger charge is -2.06. The smallest absolute Gasteiger partial charge is 0.270 e. The number of rotatable bonds is 2. The van der Waals surface area contributed by atoms with Crippen molar-refractivity contribution in [3.63, 3.8) is 0 Å². The molecule has 0 atom stereocenters. The molecule has 15 heavy (non-hydrogen) atoms. The van der Waals surface area contributed by atoms with Crippen LogP contribution < -0.4 is 5.73 Å². The van der Waals surface area contributed by atoms with Gasteiger partial charge in [-0.1, -0.05) is 0 Å². The average molecular weight is 232 g/mol. The van der Waals surface area contributed by atoms with Crippen molar-refractivity contribution in [2.45, 2.75) is 6.43 Å². The Morgan fingerprint density at radius 1 is 1.67 bits per heavy atom. The normalized spacial score (nSPS) is 10.1. The average Bonchev–Trinajstić information content (AvgIpc) is 2.16. The van der Waals surface area contributed by atoms with Crippen molar-refractivity contribution < 1.29 is 13.6 Å². The molecule has 0 aliphatic carbocycles. The van der Waals surface area contributed by atoms with Crippen LogP contribution in [0.25, 0.3) is 0 Å². The molecule has 78 valence electrons. The minimum atomic E-state index is -2.92. The third kappa shape index (κ3) is 2.19. The van der Waals surface area contributed by atoms with Gasteiger partial charge >= 0.3 is 0 Å². The SMILES string of the molecule is N#Cc1c(C(F)F)cc(C(=O)Cl)nc1N. The van der Waals surface area contributed by atoms with Crippen LogP contribution in [0.2, 0.25) is 0 Å². The number of aromatic nitrogens is 1. The highest BCUT2D eigenvalue weighted by Crippen LogP contribution is 2.26.